The molecule has 4 rings (SSSR count). The van der Waals surface area contributed by atoms with Crippen molar-refractivity contribution in [2.45, 2.75) is 26.3 Å². The average Bonchev–Trinajstić information content (AvgIpc) is 3.14. The maximum atomic E-state index is 11.7. The molecule has 1 aromatic heterocycles. The van der Waals surface area contributed by atoms with Crippen LogP contribution in [0.15, 0.2) is 78.9 Å². The summed E-state index contributed by atoms with van der Waals surface area (Å²) in [5.74, 6) is 1.82. The van der Waals surface area contributed by atoms with Crippen LogP contribution in [0.3, 0.4) is 0 Å². The molecule has 0 unspecified atom stereocenters. The number of allylic oxidation sites excluding steroid dienone is 1. The van der Waals surface area contributed by atoms with Crippen LogP contribution < -0.4 is 10.1 Å². The number of nitrogens with one attached hydrogen (secondary N) is 1. The Morgan fingerprint density at radius 1 is 1.06 bits per heavy atom. The number of rotatable bonds is 9. The number of hydrogen-bond acceptors (Lipinski definition) is 3. The van der Waals surface area contributed by atoms with Crippen molar-refractivity contribution in [3.8, 4) is 5.75 Å². The van der Waals surface area contributed by atoms with Crippen molar-refractivity contribution in [2.75, 3.05) is 13.2 Å². The molecule has 0 aliphatic rings. The number of fused-ring (bicyclic) bond motifs is 2. The quantitative estimate of drug-likeness (QED) is 0.314. The van der Waals surface area contributed by atoms with Gasteiger partial charge in [-0.2, -0.15) is 0 Å². The first-order chi connectivity index (χ1) is 15.3. The van der Waals surface area contributed by atoms with Crippen molar-refractivity contribution in [1.29, 1.82) is 0 Å². The molecule has 5 heteroatoms. The number of aromatic nitrogens is 2. The van der Waals surface area contributed by atoms with Crippen LogP contribution in [0.4, 0.5) is 0 Å². The normalized spacial score (nSPS) is 11.4. The van der Waals surface area contributed by atoms with Gasteiger partial charge in [0.2, 0.25) is 5.91 Å². The van der Waals surface area contributed by atoms with E-state index in [-0.39, 0.29) is 5.91 Å². The van der Waals surface area contributed by atoms with Crippen LogP contribution in [0.2, 0.25) is 0 Å². The Balaban J connectivity index is 1.41. The fourth-order valence-electron chi connectivity index (χ4n) is 3.80. The molecule has 0 radical (unpaired) electrons. The van der Waals surface area contributed by atoms with Crippen LogP contribution in [-0.2, 0) is 17.8 Å². The zero-order chi connectivity index (χ0) is 21.5. The van der Waals surface area contributed by atoms with Gasteiger partial charge >= 0.3 is 0 Å². The van der Waals surface area contributed by atoms with Gasteiger partial charge in [0.05, 0.1) is 17.6 Å². The topological polar surface area (TPSA) is 56.2 Å². The second-order valence-electron chi connectivity index (χ2n) is 7.39. The fraction of sp³-hybridized carbons (Fsp3) is 0.231. The van der Waals surface area contributed by atoms with Gasteiger partial charge in [0.15, 0.2) is 0 Å². The number of hydrogen-bond donors (Lipinski definition) is 1. The molecule has 0 saturated carbocycles. The molecule has 0 atom stereocenters. The first-order valence-electron chi connectivity index (χ1n) is 10.7. The van der Waals surface area contributed by atoms with E-state index >= 15 is 0 Å². The molecule has 158 valence electrons. The molecule has 0 aliphatic heterocycles. The number of carbonyl (C=O) groups excluding carboxylic acids is 1. The predicted molar refractivity (Wildman–Crippen MR) is 125 cm³/mol. The number of benzene rings is 3. The molecule has 1 amide bonds. The highest BCUT2D eigenvalue weighted by Crippen LogP contribution is 2.25. The highest BCUT2D eigenvalue weighted by atomic mass is 16.5. The zero-order valence-corrected chi connectivity index (χ0v) is 17.8. The molecular weight excluding hydrogens is 386 g/mol. The third-order valence-corrected chi connectivity index (χ3v) is 5.23. The van der Waals surface area contributed by atoms with E-state index in [1.165, 1.54) is 11.5 Å². The molecule has 31 heavy (non-hydrogen) atoms. The van der Waals surface area contributed by atoms with E-state index in [0.29, 0.717) is 19.6 Å². The molecule has 0 fully saturated rings. The van der Waals surface area contributed by atoms with Gasteiger partial charge in [0.1, 0.15) is 11.6 Å². The van der Waals surface area contributed by atoms with E-state index in [1.54, 1.807) is 6.08 Å². The maximum absolute atomic E-state index is 11.7. The van der Waals surface area contributed by atoms with Crippen molar-refractivity contribution < 1.29 is 9.53 Å². The lowest BCUT2D eigenvalue weighted by Crippen LogP contribution is -2.24. The fourth-order valence-corrected chi connectivity index (χ4v) is 3.80. The molecular formula is C26H27N3O2. The summed E-state index contributed by atoms with van der Waals surface area (Å²) in [7, 11) is 0. The van der Waals surface area contributed by atoms with E-state index in [9.17, 15) is 4.79 Å². The Morgan fingerprint density at radius 2 is 1.87 bits per heavy atom. The molecule has 0 aliphatic carbocycles. The van der Waals surface area contributed by atoms with Crippen molar-refractivity contribution in [1.82, 2.24) is 14.9 Å². The predicted octanol–water partition coefficient (Wildman–Crippen LogP) is 4.89. The number of nitrogens with zero attached hydrogens (tertiary/aromatic N) is 2. The number of aryl methyl sites for hydroxylation is 1. The number of carbonyl (C=O) groups is 1. The molecule has 5 nitrogen and oxygen atoms in total. The third-order valence-electron chi connectivity index (χ3n) is 5.23. The van der Waals surface area contributed by atoms with Crippen LogP contribution >= 0.6 is 0 Å². The Hall–Kier alpha value is -3.60. The van der Waals surface area contributed by atoms with Crippen molar-refractivity contribution in [2.24, 2.45) is 0 Å². The van der Waals surface area contributed by atoms with Gasteiger partial charge in [-0.05, 0) is 43.0 Å². The minimum absolute atomic E-state index is 0.0753. The highest BCUT2D eigenvalue weighted by Gasteiger charge is 2.11. The monoisotopic (exact) mass is 413 g/mol. The Kier molecular flexibility index (Phi) is 6.62. The van der Waals surface area contributed by atoms with Gasteiger partial charge in [-0.25, -0.2) is 4.98 Å². The van der Waals surface area contributed by atoms with E-state index in [4.69, 9.17) is 9.72 Å². The summed E-state index contributed by atoms with van der Waals surface area (Å²) >= 11 is 0. The van der Waals surface area contributed by atoms with Crippen LogP contribution in [0.25, 0.3) is 21.8 Å². The van der Waals surface area contributed by atoms with E-state index < -0.39 is 0 Å². The number of imidazole rings is 1. The maximum Gasteiger partial charge on any atom is 0.243 e. The minimum Gasteiger partial charge on any atom is -0.493 e. The summed E-state index contributed by atoms with van der Waals surface area (Å²) in [5, 5.41) is 5.22. The Labute approximate surface area is 182 Å². The van der Waals surface area contributed by atoms with Gasteiger partial charge in [0.25, 0.3) is 0 Å². The summed E-state index contributed by atoms with van der Waals surface area (Å²) < 4.78 is 8.35. The standard InChI is InChI=1S/C26H27N3O2/c1-2-9-26(30)27-17-16-25-28-22-13-5-6-14-23(22)29(25)18-8-19-31-24-15-7-11-20-10-3-4-12-21(20)24/h2-7,9-15H,8,16-19H2,1H3,(H,27,30)/b9-2+. The summed E-state index contributed by atoms with van der Waals surface area (Å²) in [6.45, 7) is 3.82. The molecule has 0 spiro atoms. The SMILES string of the molecule is C/C=C/C(=O)NCCc1nc2ccccc2n1CCCOc1cccc2ccccc12. The second-order valence-corrected chi connectivity index (χ2v) is 7.39. The minimum atomic E-state index is -0.0753. The zero-order valence-electron chi connectivity index (χ0n) is 17.8. The number of amides is 1. The van der Waals surface area contributed by atoms with Crippen LogP contribution in [0.5, 0.6) is 5.75 Å². The molecule has 1 heterocycles. The van der Waals surface area contributed by atoms with Crippen LogP contribution in [-0.4, -0.2) is 28.6 Å². The lowest BCUT2D eigenvalue weighted by molar-refractivity contribution is -0.116. The van der Waals surface area contributed by atoms with Crippen LogP contribution in [0, 0.1) is 0 Å². The largest absolute Gasteiger partial charge is 0.493 e. The summed E-state index contributed by atoms with van der Waals surface area (Å²) in [6.07, 6.45) is 4.82. The molecule has 3 aromatic carbocycles. The van der Waals surface area contributed by atoms with Crippen molar-refractivity contribution in [3.05, 3.63) is 84.7 Å². The van der Waals surface area contributed by atoms with Crippen molar-refractivity contribution >= 4 is 27.7 Å². The highest BCUT2D eigenvalue weighted by molar-refractivity contribution is 5.88. The van der Waals surface area contributed by atoms with Crippen LogP contribution in [0.1, 0.15) is 19.2 Å². The first kappa shape index (κ1) is 20.7. The first-order valence-corrected chi connectivity index (χ1v) is 10.7. The van der Waals surface area contributed by atoms with E-state index in [0.717, 1.165) is 41.0 Å². The smallest absolute Gasteiger partial charge is 0.243 e. The lowest BCUT2D eigenvalue weighted by Gasteiger charge is -2.12. The van der Waals surface area contributed by atoms with Gasteiger partial charge in [-0.3, -0.25) is 4.79 Å². The second kappa shape index (κ2) is 9.94. The number of ether oxygens (including phenoxy) is 1. The molecule has 0 bridgehead atoms. The van der Waals surface area contributed by atoms with Gasteiger partial charge in [-0.15, -0.1) is 0 Å². The average molecular weight is 414 g/mol. The lowest BCUT2D eigenvalue weighted by atomic mass is 10.1. The third kappa shape index (κ3) is 4.94. The van der Waals surface area contributed by atoms with Gasteiger partial charge < -0.3 is 14.6 Å². The van der Waals surface area contributed by atoms with Crippen molar-refractivity contribution in [3.63, 3.8) is 0 Å². The molecule has 4 aromatic rings. The Morgan fingerprint density at radius 3 is 2.77 bits per heavy atom. The summed E-state index contributed by atoms with van der Waals surface area (Å²) in [6, 6.07) is 22.6. The Bertz CT molecular complexity index is 1200. The van der Waals surface area contributed by atoms with E-state index in [2.05, 4.69) is 34.1 Å². The van der Waals surface area contributed by atoms with Gasteiger partial charge in [0, 0.05) is 24.9 Å². The summed E-state index contributed by atoms with van der Waals surface area (Å²) in [5.41, 5.74) is 2.09. The molecule has 0 saturated heterocycles. The van der Waals surface area contributed by atoms with Gasteiger partial charge in [-0.1, -0.05) is 54.6 Å². The molecule has 1 N–H and O–H groups in total. The summed E-state index contributed by atoms with van der Waals surface area (Å²) in [4.78, 5) is 16.5. The van der Waals surface area contributed by atoms with E-state index in [1.807, 2.05) is 49.4 Å². The number of para-hydroxylation sites is 2.